The third kappa shape index (κ3) is 5.82. The summed E-state index contributed by atoms with van der Waals surface area (Å²) in [6.07, 6.45) is 0.0336. The summed E-state index contributed by atoms with van der Waals surface area (Å²) in [4.78, 5) is 20.7. The van der Waals surface area contributed by atoms with Crippen molar-refractivity contribution in [2.24, 2.45) is 11.7 Å². The molecule has 0 bridgehead atoms. The van der Waals surface area contributed by atoms with Gasteiger partial charge in [0.1, 0.15) is 5.78 Å². The number of aliphatic carboxylic acids is 1. The molecule has 3 N–H and O–H groups in total. The van der Waals surface area contributed by atoms with Gasteiger partial charge in [-0.05, 0) is 0 Å². The first-order chi connectivity index (χ1) is 4.57. The highest BCUT2D eigenvalue weighted by Gasteiger charge is 2.13. The van der Waals surface area contributed by atoms with Gasteiger partial charge in [-0.3, -0.25) is 9.59 Å². The number of carboxylic acids is 1. The van der Waals surface area contributed by atoms with Crippen LogP contribution in [-0.2, 0) is 9.59 Å². The molecule has 0 aliphatic carbocycles. The Bertz CT molecular complexity index is 149. The average molecular weight is 182 g/mol. The van der Waals surface area contributed by atoms with Crippen molar-refractivity contribution in [3.8, 4) is 0 Å². The van der Waals surface area contributed by atoms with Crippen LogP contribution in [-0.4, -0.2) is 23.4 Å². The molecule has 11 heavy (non-hydrogen) atoms. The Balaban J connectivity index is 0. The van der Waals surface area contributed by atoms with Crippen LogP contribution in [0.5, 0.6) is 0 Å². The van der Waals surface area contributed by atoms with Crippen molar-refractivity contribution >= 4 is 24.2 Å². The maximum Gasteiger partial charge on any atom is 0.306 e. The van der Waals surface area contributed by atoms with Crippen LogP contribution >= 0.6 is 12.4 Å². The molecular weight excluding hydrogens is 170 g/mol. The number of Topliss-reactive ketones (excluding diaryl/α,β-unsaturated/α-hetero) is 1. The normalized spacial score (nSPS) is 11.5. The zero-order chi connectivity index (χ0) is 8.15. The van der Waals surface area contributed by atoms with Crippen LogP contribution in [0.25, 0.3) is 0 Å². The fourth-order valence-corrected chi connectivity index (χ4v) is 0.512. The van der Waals surface area contributed by atoms with Crippen molar-refractivity contribution in [3.05, 3.63) is 0 Å². The van der Waals surface area contributed by atoms with E-state index < -0.39 is 11.9 Å². The minimum Gasteiger partial charge on any atom is -0.481 e. The van der Waals surface area contributed by atoms with Crippen LogP contribution < -0.4 is 5.73 Å². The second kappa shape index (κ2) is 6.12. The molecule has 0 rings (SSSR count). The third-order valence-corrected chi connectivity index (χ3v) is 1.18. The number of ketones is 1. The lowest BCUT2D eigenvalue weighted by molar-refractivity contribution is -0.142. The summed E-state index contributed by atoms with van der Waals surface area (Å²) in [5.74, 6) is -1.78. The first-order valence-electron chi connectivity index (χ1n) is 3.02. The lowest BCUT2D eigenvalue weighted by Crippen LogP contribution is -2.20. The Labute approximate surface area is 71.2 Å². The van der Waals surface area contributed by atoms with E-state index in [-0.39, 0.29) is 31.2 Å². The van der Waals surface area contributed by atoms with E-state index in [4.69, 9.17) is 10.8 Å². The maximum absolute atomic E-state index is 10.5. The lowest BCUT2D eigenvalue weighted by Gasteiger charge is -2.01. The van der Waals surface area contributed by atoms with Gasteiger partial charge in [0.15, 0.2) is 0 Å². The molecule has 0 spiro atoms. The van der Waals surface area contributed by atoms with Crippen LogP contribution in [0.15, 0.2) is 0 Å². The molecule has 0 heterocycles. The number of nitrogens with two attached hydrogens (primary N) is 1. The fourth-order valence-electron chi connectivity index (χ4n) is 0.512. The predicted octanol–water partition coefficient (Wildman–Crippen LogP) is 0.0468. The highest BCUT2D eigenvalue weighted by molar-refractivity contribution is 5.85. The third-order valence-electron chi connectivity index (χ3n) is 1.18. The molecule has 0 aliphatic rings. The van der Waals surface area contributed by atoms with E-state index in [0.29, 0.717) is 0 Å². The number of carboxylic acid groups (broad SMARTS) is 1. The summed E-state index contributed by atoms with van der Waals surface area (Å²) >= 11 is 0. The van der Waals surface area contributed by atoms with Gasteiger partial charge in [-0.25, -0.2) is 0 Å². The van der Waals surface area contributed by atoms with Crippen molar-refractivity contribution in [1.82, 2.24) is 0 Å². The van der Waals surface area contributed by atoms with E-state index in [9.17, 15) is 9.59 Å². The Morgan fingerprint density at radius 1 is 1.55 bits per heavy atom. The molecular formula is C6H12ClNO3. The monoisotopic (exact) mass is 181 g/mol. The number of carbonyl (C=O) groups excluding carboxylic acids is 1. The van der Waals surface area contributed by atoms with Crippen molar-refractivity contribution in [2.75, 3.05) is 6.54 Å². The zero-order valence-corrected chi connectivity index (χ0v) is 7.06. The summed E-state index contributed by atoms with van der Waals surface area (Å²) in [7, 11) is 0. The summed E-state index contributed by atoms with van der Waals surface area (Å²) in [6, 6.07) is 0. The number of rotatable bonds is 4. The van der Waals surface area contributed by atoms with E-state index in [2.05, 4.69) is 0 Å². The van der Waals surface area contributed by atoms with Gasteiger partial charge in [0, 0.05) is 6.42 Å². The molecule has 0 saturated heterocycles. The maximum atomic E-state index is 10.5. The van der Waals surface area contributed by atoms with E-state index in [1.54, 1.807) is 0 Å². The van der Waals surface area contributed by atoms with Gasteiger partial charge in [0.05, 0.1) is 12.5 Å². The fraction of sp³-hybridized carbons (Fsp3) is 0.667. The molecule has 0 radical (unpaired) electrons. The van der Waals surface area contributed by atoms with Gasteiger partial charge in [0.2, 0.25) is 0 Å². The molecule has 66 valence electrons. The second-order valence-electron chi connectivity index (χ2n) is 2.19. The van der Waals surface area contributed by atoms with Crippen molar-refractivity contribution < 1.29 is 14.7 Å². The molecule has 1 atom stereocenters. The number of hydrogen-bond acceptors (Lipinski definition) is 3. The highest BCUT2D eigenvalue weighted by Crippen LogP contribution is 2.00. The number of hydrogen-bond donors (Lipinski definition) is 2. The van der Waals surface area contributed by atoms with Crippen molar-refractivity contribution in [3.63, 3.8) is 0 Å². The second-order valence-corrected chi connectivity index (χ2v) is 2.19. The van der Waals surface area contributed by atoms with Crippen LogP contribution in [0, 0.1) is 5.92 Å². The Kier molecular flexibility index (Phi) is 7.24. The van der Waals surface area contributed by atoms with Crippen LogP contribution in [0.1, 0.15) is 13.3 Å². The molecule has 4 nitrogen and oxygen atoms in total. The summed E-state index contributed by atoms with van der Waals surface area (Å²) in [6.45, 7) is 1.41. The molecule has 0 aromatic heterocycles. The minimum absolute atomic E-state index is 0. The quantitative estimate of drug-likeness (QED) is 0.642. The molecule has 0 saturated carbocycles. The zero-order valence-electron chi connectivity index (χ0n) is 6.24. The predicted molar refractivity (Wildman–Crippen MR) is 42.7 cm³/mol. The average Bonchev–Trinajstić information content (AvgIpc) is 1.87. The standard InChI is InChI=1S/C6H11NO3.ClH/c1-4(6(9)10)2-5(8)3-7;/h4H,2-3,7H2,1H3,(H,9,10);1H. The Morgan fingerprint density at radius 2 is 2.00 bits per heavy atom. The molecule has 0 amide bonds. The number of halogens is 1. The molecule has 0 aromatic carbocycles. The highest BCUT2D eigenvalue weighted by atomic mass is 35.5. The smallest absolute Gasteiger partial charge is 0.306 e. The minimum atomic E-state index is -0.957. The summed E-state index contributed by atoms with van der Waals surface area (Å²) in [5, 5.41) is 8.33. The van der Waals surface area contributed by atoms with E-state index >= 15 is 0 Å². The molecule has 5 heteroatoms. The van der Waals surface area contributed by atoms with E-state index in [1.165, 1.54) is 6.92 Å². The topological polar surface area (TPSA) is 80.4 Å². The SMILES string of the molecule is CC(CC(=O)CN)C(=O)O.Cl. The van der Waals surface area contributed by atoms with Gasteiger partial charge < -0.3 is 10.8 Å². The Morgan fingerprint density at radius 3 is 2.27 bits per heavy atom. The molecule has 1 unspecified atom stereocenters. The molecule has 0 aromatic rings. The first kappa shape index (κ1) is 13.0. The van der Waals surface area contributed by atoms with Crippen LogP contribution in [0.2, 0.25) is 0 Å². The van der Waals surface area contributed by atoms with Crippen molar-refractivity contribution in [1.29, 1.82) is 0 Å². The number of carbonyl (C=O) groups is 2. The molecule has 0 aliphatic heterocycles. The first-order valence-corrected chi connectivity index (χ1v) is 3.02. The van der Waals surface area contributed by atoms with Crippen LogP contribution in [0.4, 0.5) is 0 Å². The van der Waals surface area contributed by atoms with Gasteiger partial charge in [-0.15, -0.1) is 12.4 Å². The summed E-state index contributed by atoms with van der Waals surface area (Å²) in [5.41, 5.74) is 4.98. The van der Waals surface area contributed by atoms with E-state index in [1.807, 2.05) is 0 Å². The molecule has 0 fully saturated rings. The van der Waals surface area contributed by atoms with E-state index in [0.717, 1.165) is 0 Å². The van der Waals surface area contributed by atoms with Gasteiger partial charge in [-0.1, -0.05) is 6.92 Å². The van der Waals surface area contributed by atoms with Gasteiger partial charge in [-0.2, -0.15) is 0 Å². The van der Waals surface area contributed by atoms with Crippen LogP contribution in [0.3, 0.4) is 0 Å². The Hall–Kier alpha value is -0.610. The van der Waals surface area contributed by atoms with Gasteiger partial charge >= 0.3 is 5.97 Å². The van der Waals surface area contributed by atoms with Gasteiger partial charge in [0.25, 0.3) is 0 Å². The van der Waals surface area contributed by atoms with Crippen molar-refractivity contribution in [2.45, 2.75) is 13.3 Å². The lowest BCUT2D eigenvalue weighted by atomic mass is 10.1. The summed E-state index contributed by atoms with van der Waals surface area (Å²) < 4.78 is 0. The largest absolute Gasteiger partial charge is 0.481 e.